The van der Waals surface area contributed by atoms with E-state index in [1.54, 1.807) is 6.07 Å². The van der Waals surface area contributed by atoms with Crippen molar-refractivity contribution in [1.82, 2.24) is 0 Å². The Kier molecular flexibility index (Phi) is 10.7. The van der Waals surface area contributed by atoms with Crippen LogP contribution in [0.15, 0.2) is 47.5 Å². The van der Waals surface area contributed by atoms with Crippen LogP contribution in [0.4, 0.5) is 5.69 Å². The first-order valence-corrected chi connectivity index (χ1v) is 9.28. The monoisotopic (exact) mass is 369 g/mol. The summed E-state index contributed by atoms with van der Waals surface area (Å²) in [5.74, 6) is 0.794. The van der Waals surface area contributed by atoms with E-state index in [2.05, 4.69) is 23.2 Å². The van der Waals surface area contributed by atoms with Crippen LogP contribution in [0.5, 0.6) is 5.75 Å². The number of rotatable bonds is 5. The lowest BCUT2D eigenvalue weighted by molar-refractivity contribution is 0.112. The van der Waals surface area contributed by atoms with E-state index in [1.165, 1.54) is 33.4 Å². The molecule has 5 nitrogen and oxygen atoms in total. The molecule has 0 bridgehead atoms. The van der Waals surface area contributed by atoms with Gasteiger partial charge in [-0.25, -0.2) is 0 Å². The van der Waals surface area contributed by atoms with E-state index < -0.39 is 0 Å². The largest absolute Gasteiger partial charge is 0.488 e. The summed E-state index contributed by atoms with van der Waals surface area (Å²) >= 11 is 0. The molecule has 0 atom stereocenters. The molecular formula is C22H31N3O2. The molecule has 2 aromatic rings. The maximum atomic E-state index is 10.9. The summed E-state index contributed by atoms with van der Waals surface area (Å²) in [7, 11) is 3.00. The van der Waals surface area contributed by atoms with Crippen molar-refractivity contribution in [2.75, 3.05) is 14.1 Å². The fraction of sp³-hybridized carbons (Fsp3) is 0.364. The third-order valence-corrected chi connectivity index (χ3v) is 4.33. The first kappa shape index (κ1) is 22.5. The van der Waals surface area contributed by atoms with Crippen LogP contribution < -0.4 is 16.2 Å². The van der Waals surface area contributed by atoms with Gasteiger partial charge in [-0.05, 0) is 75.8 Å². The van der Waals surface area contributed by atoms with Crippen LogP contribution in [0.25, 0.3) is 11.1 Å². The summed E-state index contributed by atoms with van der Waals surface area (Å²) in [6.45, 7) is 3.67. The Morgan fingerprint density at radius 2 is 1.67 bits per heavy atom. The fourth-order valence-electron chi connectivity index (χ4n) is 3.07. The Bertz CT molecular complexity index is 710. The minimum atomic E-state index is 0.286. The van der Waals surface area contributed by atoms with Gasteiger partial charge in [0.2, 0.25) is 0 Å². The van der Waals surface area contributed by atoms with Gasteiger partial charge in [0.05, 0.1) is 6.10 Å². The SMILES string of the molecule is C=Nc1cc(-c2cccc(C=O)c2)ccc1OC1CCCCC1.CN.CN. The number of aliphatic imine (C=N–C) groups is 1. The molecule has 1 fully saturated rings. The van der Waals surface area contributed by atoms with Crippen LogP contribution in [0.2, 0.25) is 0 Å². The zero-order valence-electron chi connectivity index (χ0n) is 16.4. The van der Waals surface area contributed by atoms with Gasteiger partial charge >= 0.3 is 0 Å². The number of nitrogens with zero attached hydrogens (tertiary/aromatic N) is 1. The van der Waals surface area contributed by atoms with Crippen LogP contribution >= 0.6 is 0 Å². The summed E-state index contributed by atoms with van der Waals surface area (Å²) in [5.41, 5.74) is 12.4. The topological polar surface area (TPSA) is 90.7 Å². The predicted octanol–water partition coefficient (Wildman–Crippen LogP) is 4.36. The molecule has 0 aromatic heterocycles. The zero-order valence-corrected chi connectivity index (χ0v) is 16.4. The number of aldehydes is 1. The van der Waals surface area contributed by atoms with E-state index in [1.807, 2.05) is 36.4 Å². The molecule has 146 valence electrons. The molecule has 1 saturated carbocycles. The van der Waals surface area contributed by atoms with E-state index in [4.69, 9.17) is 4.74 Å². The second-order valence-electron chi connectivity index (χ2n) is 5.96. The second-order valence-corrected chi connectivity index (χ2v) is 5.96. The standard InChI is InChI=1S/C20H21NO2.2CH5N/c1-21-19-13-17(16-7-5-6-15(12-16)14-22)10-11-20(19)23-18-8-3-2-4-9-18;2*1-2/h5-7,10-14,18H,1-4,8-9H2;2*2H2,1H3. The minimum absolute atomic E-state index is 0.286. The lowest BCUT2D eigenvalue weighted by Crippen LogP contribution is -2.19. The molecule has 1 aliphatic carbocycles. The minimum Gasteiger partial charge on any atom is -0.488 e. The van der Waals surface area contributed by atoms with Crippen LogP contribution in [-0.2, 0) is 0 Å². The number of hydrogen-bond donors (Lipinski definition) is 2. The molecule has 0 amide bonds. The molecule has 5 heteroatoms. The van der Waals surface area contributed by atoms with Crippen LogP contribution in [-0.4, -0.2) is 33.2 Å². The molecular weight excluding hydrogens is 338 g/mol. The van der Waals surface area contributed by atoms with Crippen molar-refractivity contribution in [3.8, 4) is 16.9 Å². The second kappa shape index (κ2) is 12.8. The number of hydrogen-bond acceptors (Lipinski definition) is 5. The highest BCUT2D eigenvalue weighted by Crippen LogP contribution is 2.35. The van der Waals surface area contributed by atoms with Gasteiger partial charge in [-0.2, -0.15) is 0 Å². The Labute approximate surface area is 162 Å². The predicted molar refractivity (Wildman–Crippen MR) is 114 cm³/mol. The Morgan fingerprint density at radius 1 is 1.00 bits per heavy atom. The van der Waals surface area contributed by atoms with E-state index in [0.29, 0.717) is 5.56 Å². The average Bonchev–Trinajstić information content (AvgIpc) is 2.77. The van der Waals surface area contributed by atoms with Crippen LogP contribution in [0.1, 0.15) is 42.5 Å². The Morgan fingerprint density at radius 3 is 2.30 bits per heavy atom. The Balaban J connectivity index is 0.000000855. The first-order valence-electron chi connectivity index (χ1n) is 9.28. The van der Waals surface area contributed by atoms with Crippen molar-refractivity contribution in [2.24, 2.45) is 16.5 Å². The quantitative estimate of drug-likeness (QED) is 0.605. The fourth-order valence-corrected chi connectivity index (χ4v) is 3.07. The smallest absolute Gasteiger partial charge is 0.150 e. The summed E-state index contributed by atoms with van der Waals surface area (Å²) < 4.78 is 6.12. The third-order valence-electron chi connectivity index (χ3n) is 4.33. The number of nitrogens with two attached hydrogens (primary N) is 2. The molecule has 0 heterocycles. The maximum Gasteiger partial charge on any atom is 0.150 e. The van der Waals surface area contributed by atoms with E-state index in [0.717, 1.165) is 41.7 Å². The lowest BCUT2D eigenvalue weighted by atomic mass is 9.97. The maximum absolute atomic E-state index is 10.9. The van der Waals surface area contributed by atoms with Crippen molar-refractivity contribution in [2.45, 2.75) is 38.2 Å². The Hall–Kier alpha value is -2.50. The zero-order chi connectivity index (χ0) is 20.1. The van der Waals surface area contributed by atoms with Gasteiger partial charge in [0.1, 0.15) is 17.7 Å². The number of benzene rings is 2. The van der Waals surface area contributed by atoms with E-state index >= 15 is 0 Å². The third kappa shape index (κ3) is 6.62. The number of ether oxygens (including phenoxy) is 1. The molecule has 0 spiro atoms. The van der Waals surface area contributed by atoms with Crippen molar-refractivity contribution in [3.05, 3.63) is 48.0 Å². The normalized spacial score (nSPS) is 13.3. The number of carbonyl (C=O) groups excluding carboxylic acids is 1. The molecule has 0 radical (unpaired) electrons. The summed E-state index contributed by atoms with van der Waals surface area (Å²) in [5, 5.41) is 0. The molecule has 0 aliphatic heterocycles. The van der Waals surface area contributed by atoms with Gasteiger partial charge < -0.3 is 16.2 Å². The summed E-state index contributed by atoms with van der Waals surface area (Å²) in [6, 6.07) is 13.5. The van der Waals surface area contributed by atoms with Crippen LogP contribution in [0, 0.1) is 0 Å². The molecule has 3 rings (SSSR count). The van der Waals surface area contributed by atoms with Gasteiger partial charge in [0, 0.05) is 5.56 Å². The van der Waals surface area contributed by atoms with E-state index in [-0.39, 0.29) is 6.10 Å². The summed E-state index contributed by atoms with van der Waals surface area (Å²) in [4.78, 5) is 15.1. The van der Waals surface area contributed by atoms with E-state index in [9.17, 15) is 4.79 Å². The van der Waals surface area contributed by atoms with Gasteiger partial charge in [-0.1, -0.05) is 30.7 Å². The molecule has 0 unspecified atom stereocenters. The van der Waals surface area contributed by atoms with Crippen LogP contribution in [0.3, 0.4) is 0 Å². The lowest BCUT2D eigenvalue weighted by Gasteiger charge is -2.23. The molecule has 27 heavy (non-hydrogen) atoms. The van der Waals surface area contributed by atoms with Crippen molar-refractivity contribution >= 4 is 18.7 Å². The van der Waals surface area contributed by atoms with Crippen molar-refractivity contribution < 1.29 is 9.53 Å². The highest BCUT2D eigenvalue weighted by Gasteiger charge is 2.16. The van der Waals surface area contributed by atoms with Crippen molar-refractivity contribution in [1.29, 1.82) is 0 Å². The average molecular weight is 370 g/mol. The highest BCUT2D eigenvalue weighted by molar-refractivity contribution is 5.80. The van der Waals surface area contributed by atoms with Gasteiger partial charge in [0.15, 0.2) is 0 Å². The molecule has 2 aromatic carbocycles. The number of carbonyl (C=O) groups is 1. The van der Waals surface area contributed by atoms with Gasteiger partial charge in [-0.3, -0.25) is 9.79 Å². The first-order chi connectivity index (χ1) is 13.3. The van der Waals surface area contributed by atoms with Crippen molar-refractivity contribution in [3.63, 3.8) is 0 Å². The molecule has 4 N–H and O–H groups in total. The molecule has 1 aliphatic rings. The van der Waals surface area contributed by atoms with Gasteiger partial charge in [0.25, 0.3) is 0 Å². The molecule has 0 saturated heterocycles. The summed E-state index contributed by atoms with van der Waals surface area (Å²) in [6.07, 6.45) is 7.14. The van der Waals surface area contributed by atoms with Gasteiger partial charge in [-0.15, -0.1) is 0 Å². The highest BCUT2D eigenvalue weighted by atomic mass is 16.5.